The van der Waals surface area contributed by atoms with E-state index in [9.17, 15) is 8.42 Å². The van der Waals surface area contributed by atoms with Crippen molar-refractivity contribution in [2.24, 2.45) is 0 Å². The number of sulfonamides is 1. The van der Waals surface area contributed by atoms with Gasteiger partial charge in [0.05, 0.1) is 16.1 Å². The number of para-hydroxylation sites is 3. The molecule has 1 heterocycles. The molecule has 0 aliphatic rings. The van der Waals surface area contributed by atoms with Crippen molar-refractivity contribution in [1.82, 2.24) is 9.97 Å². The maximum atomic E-state index is 12.8. The molecule has 0 bridgehead atoms. The van der Waals surface area contributed by atoms with Crippen molar-refractivity contribution in [2.75, 3.05) is 5.32 Å². The Labute approximate surface area is 181 Å². The molecule has 0 atom stereocenters. The maximum Gasteiger partial charge on any atom is 0.202 e. The van der Waals surface area contributed by atoms with Gasteiger partial charge in [-0.05, 0) is 63.7 Å². The second-order valence-electron chi connectivity index (χ2n) is 6.01. The topological polar surface area (TPSA) is 86.1 Å². The molecule has 0 saturated heterocycles. The minimum atomic E-state index is -4.04. The average Bonchev–Trinajstić information content (AvgIpc) is 2.70. The van der Waals surface area contributed by atoms with Gasteiger partial charge in [0.1, 0.15) is 5.82 Å². The molecule has 0 spiro atoms. The normalized spacial score (nSPS) is 11.4. The van der Waals surface area contributed by atoms with E-state index in [0.717, 1.165) is 4.47 Å². The molecular formula is C20H13BrClN4O2S-. The number of halogens is 2. The number of nitrogens with one attached hydrogen (secondary N) is 1. The van der Waals surface area contributed by atoms with Crippen molar-refractivity contribution in [1.29, 1.82) is 0 Å². The number of benzene rings is 3. The monoisotopic (exact) mass is 487 g/mol. The van der Waals surface area contributed by atoms with Crippen molar-refractivity contribution in [3.63, 3.8) is 0 Å². The molecule has 146 valence electrons. The predicted octanol–water partition coefficient (Wildman–Crippen LogP) is 6.18. The molecule has 4 aromatic rings. The van der Waals surface area contributed by atoms with E-state index in [1.165, 1.54) is 12.1 Å². The van der Waals surface area contributed by atoms with E-state index >= 15 is 0 Å². The van der Waals surface area contributed by atoms with E-state index in [2.05, 4.69) is 35.9 Å². The number of nitrogens with zero attached hydrogens (tertiary/aromatic N) is 3. The van der Waals surface area contributed by atoms with Crippen LogP contribution in [-0.4, -0.2) is 18.4 Å². The first kappa shape index (κ1) is 19.6. The highest BCUT2D eigenvalue weighted by atomic mass is 79.9. The number of fused-ring (bicyclic) bond motifs is 1. The molecule has 0 radical (unpaired) electrons. The zero-order valence-corrected chi connectivity index (χ0v) is 17.9. The highest BCUT2D eigenvalue weighted by Gasteiger charge is 2.13. The van der Waals surface area contributed by atoms with Crippen LogP contribution in [0.1, 0.15) is 0 Å². The lowest BCUT2D eigenvalue weighted by molar-refractivity contribution is 0.603. The molecule has 29 heavy (non-hydrogen) atoms. The van der Waals surface area contributed by atoms with Crippen LogP contribution in [0.25, 0.3) is 15.8 Å². The van der Waals surface area contributed by atoms with Gasteiger partial charge < -0.3 is 15.0 Å². The Morgan fingerprint density at radius 1 is 0.897 bits per heavy atom. The van der Waals surface area contributed by atoms with Crippen molar-refractivity contribution in [3.05, 3.63) is 87.0 Å². The fraction of sp³-hybridized carbons (Fsp3) is 0. The third-order valence-corrected chi connectivity index (χ3v) is 6.17. The molecule has 0 fully saturated rings. The molecular weight excluding hydrogens is 476 g/mol. The van der Waals surface area contributed by atoms with Gasteiger partial charge in [0.2, 0.25) is 10.0 Å². The first-order valence-corrected chi connectivity index (χ1v) is 11.1. The molecule has 0 unspecified atom stereocenters. The molecule has 9 heteroatoms. The van der Waals surface area contributed by atoms with Crippen LogP contribution in [0, 0.1) is 0 Å². The van der Waals surface area contributed by atoms with Gasteiger partial charge in [-0.25, -0.2) is 13.4 Å². The third kappa shape index (κ3) is 4.34. The smallest absolute Gasteiger partial charge is 0.202 e. The fourth-order valence-corrected chi connectivity index (χ4v) is 4.25. The van der Waals surface area contributed by atoms with Crippen molar-refractivity contribution >= 4 is 65.9 Å². The van der Waals surface area contributed by atoms with Gasteiger partial charge in [0.15, 0.2) is 0 Å². The Bertz CT molecular complexity index is 1310. The molecule has 0 aliphatic heterocycles. The second kappa shape index (κ2) is 7.98. The Kier molecular flexibility index (Phi) is 5.40. The Balaban J connectivity index is 1.80. The molecule has 1 aromatic heterocycles. The van der Waals surface area contributed by atoms with Gasteiger partial charge in [0.25, 0.3) is 0 Å². The minimum Gasteiger partial charge on any atom is -0.431 e. The first-order chi connectivity index (χ1) is 13.9. The van der Waals surface area contributed by atoms with E-state index in [4.69, 9.17) is 11.6 Å². The Morgan fingerprint density at radius 2 is 1.59 bits per heavy atom. The Hall–Kier alpha value is -2.68. The van der Waals surface area contributed by atoms with Crippen molar-refractivity contribution < 1.29 is 8.42 Å². The fourth-order valence-electron chi connectivity index (χ4n) is 2.62. The van der Waals surface area contributed by atoms with E-state index in [1.54, 1.807) is 30.3 Å². The van der Waals surface area contributed by atoms with Gasteiger partial charge >= 0.3 is 0 Å². The molecule has 4 rings (SSSR count). The highest BCUT2D eigenvalue weighted by Crippen LogP contribution is 2.36. The Morgan fingerprint density at radius 3 is 2.31 bits per heavy atom. The SMILES string of the molecule is O=S(=O)([N-]c1nc2ccccc2nc1Nc1ccccc1Br)c1cccc(Cl)c1. The van der Waals surface area contributed by atoms with Crippen LogP contribution in [-0.2, 0) is 10.0 Å². The van der Waals surface area contributed by atoms with E-state index < -0.39 is 10.0 Å². The summed E-state index contributed by atoms with van der Waals surface area (Å²) in [5, 5.41) is 3.42. The largest absolute Gasteiger partial charge is 0.431 e. The van der Waals surface area contributed by atoms with E-state index in [-0.39, 0.29) is 16.5 Å². The standard InChI is InChI=1S/C20H13BrClN4O2S/c21-15-8-1-2-9-16(15)23-19-20(25-18-11-4-3-10-17(18)24-19)26-29(27,28)14-7-5-6-13(22)12-14/h1-12H,(H-,23,24,25,26)/q-1. The lowest BCUT2D eigenvalue weighted by atomic mass is 10.3. The minimum absolute atomic E-state index is 0.0215. The van der Waals surface area contributed by atoms with Crippen LogP contribution >= 0.6 is 27.5 Å². The predicted molar refractivity (Wildman–Crippen MR) is 119 cm³/mol. The van der Waals surface area contributed by atoms with Gasteiger partial charge in [-0.3, -0.25) is 0 Å². The van der Waals surface area contributed by atoms with Crippen molar-refractivity contribution in [3.8, 4) is 0 Å². The summed E-state index contributed by atoms with van der Waals surface area (Å²) in [5.41, 5.74) is 1.85. The summed E-state index contributed by atoms with van der Waals surface area (Å²) in [6, 6.07) is 20.5. The zero-order valence-electron chi connectivity index (χ0n) is 14.8. The summed E-state index contributed by atoms with van der Waals surface area (Å²) in [4.78, 5) is 8.92. The van der Waals surface area contributed by atoms with Gasteiger partial charge in [-0.15, -0.1) is 0 Å². The van der Waals surface area contributed by atoms with Crippen LogP contribution in [0.15, 0.2) is 82.2 Å². The summed E-state index contributed by atoms with van der Waals surface area (Å²) in [7, 11) is -4.04. The van der Waals surface area contributed by atoms with Crippen LogP contribution in [0.4, 0.5) is 17.3 Å². The second-order valence-corrected chi connectivity index (χ2v) is 8.91. The number of rotatable bonds is 5. The van der Waals surface area contributed by atoms with Crippen molar-refractivity contribution in [2.45, 2.75) is 4.90 Å². The lowest BCUT2D eigenvalue weighted by Crippen LogP contribution is -2.03. The third-order valence-electron chi connectivity index (χ3n) is 3.98. The molecule has 0 amide bonds. The number of anilines is 2. The highest BCUT2D eigenvalue weighted by molar-refractivity contribution is 9.10. The van der Waals surface area contributed by atoms with Crippen LogP contribution < -0.4 is 5.32 Å². The van der Waals surface area contributed by atoms with Crippen LogP contribution in [0.2, 0.25) is 5.02 Å². The molecule has 3 aromatic carbocycles. The summed E-state index contributed by atoms with van der Waals surface area (Å²) >= 11 is 9.40. The van der Waals surface area contributed by atoms with E-state index in [0.29, 0.717) is 21.7 Å². The number of hydrogen-bond acceptors (Lipinski definition) is 5. The quantitative estimate of drug-likeness (QED) is 0.362. The van der Waals surface area contributed by atoms with Crippen LogP contribution in [0.3, 0.4) is 0 Å². The molecule has 6 nitrogen and oxygen atoms in total. The summed E-state index contributed by atoms with van der Waals surface area (Å²) in [6.45, 7) is 0. The van der Waals surface area contributed by atoms with Crippen LogP contribution in [0.5, 0.6) is 0 Å². The first-order valence-electron chi connectivity index (χ1n) is 8.44. The molecule has 1 N–H and O–H groups in total. The summed E-state index contributed by atoms with van der Waals surface area (Å²) < 4.78 is 30.4. The zero-order chi connectivity index (χ0) is 20.4. The average molecular weight is 489 g/mol. The molecule has 0 aliphatic carbocycles. The lowest BCUT2D eigenvalue weighted by Gasteiger charge is -2.21. The maximum absolute atomic E-state index is 12.8. The van der Waals surface area contributed by atoms with E-state index in [1.807, 2.05) is 30.3 Å². The number of aromatic nitrogens is 2. The summed E-state index contributed by atoms with van der Waals surface area (Å²) in [5.74, 6) is 0.181. The number of hydrogen-bond donors (Lipinski definition) is 1. The van der Waals surface area contributed by atoms with Gasteiger partial charge in [-0.1, -0.05) is 48.0 Å². The molecule has 0 saturated carbocycles. The van der Waals surface area contributed by atoms with Gasteiger partial charge in [-0.2, -0.15) is 0 Å². The summed E-state index contributed by atoms with van der Waals surface area (Å²) in [6.07, 6.45) is 0. The van der Waals surface area contributed by atoms with Gasteiger partial charge in [0, 0.05) is 9.50 Å².